The van der Waals surface area contributed by atoms with Crippen LogP contribution in [0.4, 0.5) is 0 Å². The molecule has 0 aliphatic carbocycles. The number of hydrogen-bond donors (Lipinski definition) is 2. The Bertz CT molecular complexity index is 1950. The summed E-state index contributed by atoms with van der Waals surface area (Å²) < 4.78 is 48.4. The van der Waals surface area contributed by atoms with Gasteiger partial charge in [0.15, 0.2) is 19.7 Å². The lowest BCUT2D eigenvalue weighted by Gasteiger charge is -2.01. The molecule has 0 radical (unpaired) electrons. The van der Waals surface area contributed by atoms with Gasteiger partial charge in [-0.2, -0.15) is 0 Å². The van der Waals surface area contributed by atoms with Crippen LogP contribution in [0.1, 0.15) is 11.1 Å². The maximum Gasteiger partial charge on any atom is 0.307 e. The minimum absolute atomic E-state index is 0.166. The number of hydrogen-bond acceptors (Lipinski definition) is 9. The molecule has 5 aromatic rings. The van der Waals surface area contributed by atoms with Crippen LogP contribution in [0.25, 0.3) is 40.4 Å². The molecule has 3 aromatic heterocycles. The maximum atomic E-state index is 12.1. The van der Waals surface area contributed by atoms with Crippen LogP contribution in [0.15, 0.2) is 82.6 Å². The first-order valence-electron chi connectivity index (χ1n) is 12.6. The quantitative estimate of drug-likeness (QED) is 0.169. The molecule has 5 rings (SSSR count). The van der Waals surface area contributed by atoms with E-state index in [1.807, 2.05) is 12.1 Å². The Morgan fingerprint density at radius 3 is 1.33 bits per heavy atom. The van der Waals surface area contributed by atoms with Crippen LogP contribution in [0.3, 0.4) is 0 Å². The van der Waals surface area contributed by atoms with Crippen molar-refractivity contribution in [3.05, 3.63) is 83.9 Å². The Kier molecular flexibility index (Phi) is 8.47. The zero-order chi connectivity index (χ0) is 31.1. The van der Waals surface area contributed by atoms with Crippen molar-refractivity contribution in [3.63, 3.8) is 0 Å². The van der Waals surface area contributed by atoms with E-state index in [4.69, 9.17) is 0 Å². The molecule has 0 fully saturated rings. The van der Waals surface area contributed by atoms with Gasteiger partial charge in [0.2, 0.25) is 0 Å². The van der Waals surface area contributed by atoms with Gasteiger partial charge in [-0.05, 0) is 70.8 Å². The molecule has 0 saturated heterocycles. The second kappa shape index (κ2) is 11.8. The monoisotopic (exact) mass is 672 g/mol. The van der Waals surface area contributed by atoms with Crippen LogP contribution in [0, 0.1) is 0 Å². The van der Waals surface area contributed by atoms with Gasteiger partial charge in [-0.1, -0.05) is 24.3 Å². The Hall–Kier alpha value is -3.62. The molecule has 0 aliphatic heterocycles. The molecule has 2 aromatic carbocycles. The van der Waals surface area contributed by atoms with Gasteiger partial charge in [0.05, 0.1) is 22.6 Å². The molecule has 0 bridgehead atoms. The highest BCUT2D eigenvalue weighted by atomic mass is 32.2. The summed E-state index contributed by atoms with van der Waals surface area (Å²) in [7, 11) is -6.87. The Morgan fingerprint density at radius 1 is 0.581 bits per heavy atom. The van der Waals surface area contributed by atoms with Crippen molar-refractivity contribution < 1.29 is 36.6 Å². The van der Waals surface area contributed by atoms with E-state index in [0.29, 0.717) is 22.3 Å². The Labute approximate surface area is 260 Å². The topological polar surface area (TPSA) is 143 Å². The lowest BCUT2D eigenvalue weighted by molar-refractivity contribution is -0.137. The normalized spacial score (nSPS) is 12.0. The first-order valence-corrected chi connectivity index (χ1v) is 18.8. The lowest BCUT2D eigenvalue weighted by Crippen LogP contribution is -1.99. The number of carboxylic acids is 2. The maximum absolute atomic E-state index is 12.1. The van der Waals surface area contributed by atoms with Crippen LogP contribution >= 0.6 is 34.0 Å². The zero-order valence-corrected chi connectivity index (χ0v) is 26.8. The smallest absolute Gasteiger partial charge is 0.307 e. The van der Waals surface area contributed by atoms with Crippen molar-refractivity contribution in [2.75, 3.05) is 12.5 Å². The van der Waals surface area contributed by atoms with Gasteiger partial charge in [-0.3, -0.25) is 9.59 Å². The molecule has 0 spiro atoms. The molecule has 0 saturated carbocycles. The number of benzene rings is 2. The summed E-state index contributed by atoms with van der Waals surface area (Å²) >= 11 is 4.12. The highest BCUT2D eigenvalue weighted by molar-refractivity contribution is 7.91. The fraction of sp³-hybridized carbons (Fsp3) is 0.133. The van der Waals surface area contributed by atoms with Crippen LogP contribution in [-0.4, -0.2) is 51.5 Å². The first kappa shape index (κ1) is 30.8. The highest BCUT2D eigenvalue weighted by Gasteiger charge is 2.21. The van der Waals surface area contributed by atoms with Gasteiger partial charge in [0.1, 0.15) is 0 Å². The third kappa shape index (κ3) is 6.97. The number of carbonyl (C=O) groups is 2. The number of rotatable bonds is 10. The summed E-state index contributed by atoms with van der Waals surface area (Å²) in [5.41, 5.74) is 2.48. The summed E-state index contributed by atoms with van der Waals surface area (Å²) in [6.07, 6.45) is 1.81. The van der Waals surface area contributed by atoms with Crippen molar-refractivity contribution in [2.24, 2.45) is 0 Å². The van der Waals surface area contributed by atoms with Gasteiger partial charge in [-0.25, -0.2) is 16.8 Å². The van der Waals surface area contributed by atoms with Crippen molar-refractivity contribution in [1.29, 1.82) is 0 Å². The number of thiophene rings is 3. The van der Waals surface area contributed by atoms with Gasteiger partial charge in [0, 0.05) is 41.8 Å². The van der Waals surface area contributed by atoms with Gasteiger partial charge in [-0.15, -0.1) is 34.0 Å². The average Bonchev–Trinajstić information content (AvgIpc) is 3.66. The van der Waals surface area contributed by atoms with E-state index in [2.05, 4.69) is 0 Å². The van der Waals surface area contributed by atoms with E-state index < -0.39 is 31.6 Å². The summed E-state index contributed by atoms with van der Waals surface area (Å²) in [4.78, 5) is 28.3. The van der Waals surface area contributed by atoms with Crippen LogP contribution in [0.2, 0.25) is 0 Å². The highest BCUT2D eigenvalue weighted by Crippen LogP contribution is 2.47. The SMILES string of the molecule is CS(=O)(=O)c1cccc(-c2cc(CC(=O)O)c(-c3ccc(-c4sc(-c5cccc(S(C)(=O)=O)c5)cc4CC(=O)O)s3)s2)c1. The third-order valence-electron chi connectivity index (χ3n) is 6.45. The fourth-order valence-electron chi connectivity index (χ4n) is 4.49. The Balaban J connectivity index is 1.58. The standard InChI is InChI=1S/C30H24O8S5/c1-42(35,36)21-7-3-5-17(11-21)25-13-19(15-27(31)32)29(40-25)23-9-10-24(39-23)30-20(16-28(33)34)14-26(41-30)18-6-4-8-22(12-18)43(2,37)38/h3-14H,15-16H2,1-2H3,(H,31,32)(H,33,34). The fourth-order valence-corrected chi connectivity index (χ4v) is 9.47. The van der Waals surface area contributed by atoms with Crippen molar-refractivity contribution in [1.82, 2.24) is 0 Å². The molecule has 8 nitrogen and oxygen atoms in total. The van der Waals surface area contributed by atoms with Crippen molar-refractivity contribution in [2.45, 2.75) is 22.6 Å². The molecular weight excluding hydrogens is 649 g/mol. The third-order valence-corrected chi connectivity index (χ3v) is 12.6. The average molecular weight is 673 g/mol. The summed E-state index contributed by atoms with van der Waals surface area (Å²) in [6, 6.07) is 20.3. The predicted octanol–water partition coefficient (Wildman–Crippen LogP) is 6.60. The van der Waals surface area contributed by atoms with Crippen molar-refractivity contribution >= 4 is 65.6 Å². The first-order chi connectivity index (χ1) is 20.2. The molecule has 0 unspecified atom stereocenters. The van der Waals surface area contributed by atoms with E-state index in [1.165, 1.54) is 46.1 Å². The largest absolute Gasteiger partial charge is 0.481 e. The molecule has 0 amide bonds. The van der Waals surface area contributed by atoms with E-state index in [9.17, 15) is 36.6 Å². The number of carboxylic acid groups (broad SMARTS) is 2. The van der Waals surface area contributed by atoms with Gasteiger partial charge in [0.25, 0.3) is 0 Å². The minimum Gasteiger partial charge on any atom is -0.481 e. The van der Waals surface area contributed by atoms with E-state index in [0.717, 1.165) is 41.8 Å². The van der Waals surface area contributed by atoms with E-state index >= 15 is 0 Å². The van der Waals surface area contributed by atoms with E-state index in [-0.39, 0.29) is 22.6 Å². The molecule has 3 heterocycles. The summed E-state index contributed by atoms with van der Waals surface area (Å²) in [5.74, 6) is -2.01. The van der Waals surface area contributed by atoms with Gasteiger partial charge < -0.3 is 10.2 Å². The van der Waals surface area contributed by atoms with Crippen LogP contribution in [-0.2, 0) is 42.1 Å². The molecular formula is C30H24O8S5. The lowest BCUT2D eigenvalue weighted by atomic mass is 10.1. The zero-order valence-electron chi connectivity index (χ0n) is 22.7. The van der Waals surface area contributed by atoms with Crippen molar-refractivity contribution in [3.8, 4) is 40.4 Å². The van der Waals surface area contributed by atoms with Gasteiger partial charge >= 0.3 is 11.9 Å². The summed E-state index contributed by atoms with van der Waals surface area (Å²) in [5, 5.41) is 19.2. The van der Waals surface area contributed by atoms with Crippen LogP contribution < -0.4 is 0 Å². The van der Waals surface area contributed by atoms with Crippen LogP contribution in [0.5, 0.6) is 0 Å². The molecule has 2 N–H and O–H groups in total. The molecule has 13 heteroatoms. The van der Waals surface area contributed by atoms with E-state index in [1.54, 1.807) is 48.5 Å². The minimum atomic E-state index is -3.43. The molecule has 0 aliphatic rings. The molecule has 0 atom stereocenters. The second-order valence-corrected chi connectivity index (χ2v) is 17.1. The number of aliphatic carboxylic acids is 2. The predicted molar refractivity (Wildman–Crippen MR) is 171 cm³/mol. The second-order valence-electron chi connectivity index (χ2n) is 9.83. The summed E-state index contributed by atoms with van der Waals surface area (Å²) in [6.45, 7) is 0. The number of sulfone groups is 2. The molecule has 43 heavy (non-hydrogen) atoms. The molecule has 222 valence electrons. The Morgan fingerprint density at radius 2 is 0.977 bits per heavy atom.